The third-order valence-electron chi connectivity index (χ3n) is 1.72. The monoisotopic (exact) mass is 171 g/mol. The van der Waals surface area contributed by atoms with E-state index in [0.29, 0.717) is 12.0 Å². The number of ether oxygens (including phenoxy) is 1. The molecule has 0 radical (unpaired) electrons. The second-order valence-electron chi connectivity index (χ2n) is 2.98. The van der Waals surface area contributed by atoms with E-state index in [2.05, 4.69) is 0 Å². The lowest BCUT2D eigenvalue weighted by Gasteiger charge is -2.11. The molecule has 0 aromatic rings. The maximum absolute atomic E-state index is 11.2. The van der Waals surface area contributed by atoms with Crippen molar-refractivity contribution in [3.63, 3.8) is 0 Å². The van der Waals surface area contributed by atoms with Crippen molar-refractivity contribution in [3.8, 4) is 0 Å². The van der Waals surface area contributed by atoms with Crippen LogP contribution in [0.2, 0.25) is 0 Å². The topological polar surface area (TPSA) is 52.3 Å². The minimum absolute atomic E-state index is 0.315. The quantitative estimate of drug-likeness (QED) is 0.398. The fourth-order valence-corrected chi connectivity index (χ4v) is 0.513. The Bertz CT molecular complexity index is 193. The lowest BCUT2D eigenvalue weighted by atomic mass is 10.2. The van der Waals surface area contributed by atoms with E-state index in [1.807, 2.05) is 20.8 Å². The Morgan fingerprint density at radius 3 is 2.25 bits per heavy atom. The van der Waals surface area contributed by atoms with Gasteiger partial charge < -0.3 is 4.74 Å². The Hall–Kier alpha value is -0.830. The minimum Gasteiger partial charge on any atom is -0.443 e. The van der Waals surface area contributed by atoms with Crippen molar-refractivity contribution < 1.29 is 9.53 Å². The zero-order valence-electron chi connectivity index (χ0n) is 8.18. The Morgan fingerprint density at radius 2 is 1.92 bits per heavy atom. The summed E-state index contributed by atoms with van der Waals surface area (Å²) >= 11 is 0. The van der Waals surface area contributed by atoms with Crippen LogP contribution in [-0.2, 0) is 9.53 Å². The summed E-state index contributed by atoms with van der Waals surface area (Å²) in [6, 6.07) is 0. The normalized spacial score (nSPS) is 12.1. The molecule has 0 aliphatic rings. The Labute approximate surface area is 73.6 Å². The molecule has 0 fully saturated rings. The molecular formula is C9H17NO2. The van der Waals surface area contributed by atoms with E-state index in [4.69, 9.17) is 10.5 Å². The molecule has 0 rings (SSSR count). The highest BCUT2D eigenvalue weighted by Gasteiger charge is 2.10. The number of allylic oxidation sites excluding steroid dienone is 1. The molecule has 3 heteroatoms. The SMILES string of the molecule is CCC(N)OC(=O)C(C)=C(C)C. The van der Waals surface area contributed by atoms with Gasteiger partial charge in [-0.2, -0.15) is 0 Å². The fourth-order valence-electron chi connectivity index (χ4n) is 0.513. The highest BCUT2D eigenvalue weighted by molar-refractivity contribution is 5.88. The maximum Gasteiger partial charge on any atom is 0.335 e. The molecule has 0 heterocycles. The summed E-state index contributed by atoms with van der Waals surface area (Å²) in [5.74, 6) is -0.315. The van der Waals surface area contributed by atoms with Gasteiger partial charge in [-0.25, -0.2) is 4.79 Å². The number of carbonyl (C=O) groups excluding carboxylic acids is 1. The highest BCUT2D eigenvalue weighted by atomic mass is 16.6. The number of hydrogen-bond acceptors (Lipinski definition) is 3. The molecule has 3 nitrogen and oxygen atoms in total. The van der Waals surface area contributed by atoms with Crippen LogP contribution >= 0.6 is 0 Å². The second kappa shape index (κ2) is 4.93. The van der Waals surface area contributed by atoms with Gasteiger partial charge in [0, 0.05) is 5.57 Å². The molecule has 0 bridgehead atoms. The van der Waals surface area contributed by atoms with Crippen LogP contribution in [0.5, 0.6) is 0 Å². The van der Waals surface area contributed by atoms with E-state index in [1.165, 1.54) is 0 Å². The second-order valence-corrected chi connectivity index (χ2v) is 2.98. The van der Waals surface area contributed by atoms with Crippen molar-refractivity contribution in [2.45, 2.75) is 40.3 Å². The first-order valence-corrected chi connectivity index (χ1v) is 4.09. The lowest BCUT2D eigenvalue weighted by Crippen LogP contribution is -2.26. The molecule has 0 aliphatic heterocycles. The highest BCUT2D eigenvalue weighted by Crippen LogP contribution is 2.05. The molecule has 2 N–H and O–H groups in total. The molecule has 0 aliphatic carbocycles. The van der Waals surface area contributed by atoms with Crippen LogP contribution in [0, 0.1) is 0 Å². The van der Waals surface area contributed by atoms with E-state index in [9.17, 15) is 4.79 Å². The van der Waals surface area contributed by atoms with Crippen molar-refractivity contribution in [1.29, 1.82) is 0 Å². The molecule has 0 aromatic carbocycles. The van der Waals surface area contributed by atoms with Crippen LogP contribution < -0.4 is 5.73 Å². The average Bonchev–Trinajstić information content (AvgIpc) is 2.02. The Balaban J connectivity index is 4.15. The predicted octanol–water partition coefficient (Wildman–Crippen LogP) is 1.58. The summed E-state index contributed by atoms with van der Waals surface area (Å²) in [6.07, 6.45) is 0.161. The van der Waals surface area contributed by atoms with Crippen molar-refractivity contribution in [1.82, 2.24) is 0 Å². The number of hydrogen-bond donors (Lipinski definition) is 1. The Kier molecular flexibility index (Phi) is 4.59. The number of rotatable bonds is 3. The molecular weight excluding hydrogens is 154 g/mol. The summed E-state index contributed by atoms with van der Waals surface area (Å²) < 4.78 is 4.90. The zero-order valence-corrected chi connectivity index (χ0v) is 8.18. The number of esters is 1. The van der Waals surface area contributed by atoms with E-state index >= 15 is 0 Å². The predicted molar refractivity (Wildman–Crippen MR) is 48.4 cm³/mol. The molecule has 70 valence electrons. The van der Waals surface area contributed by atoms with E-state index in [0.717, 1.165) is 5.57 Å². The van der Waals surface area contributed by atoms with Gasteiger partial charge in [-0.1, -0.05) is 12.5 Å². The summed E-state index contributed by atoms with van der Waals surface area (Å²) in [6.45, 7) is 7.35. The van der Waals surface area contributed by atoms with E-state index in [-0.39, 0.29) is 5.97 Å². The molecule has 0 saturated heterocycles. The summed E-state index contributed by atoms with van der Waals surface area (Å²) in [5.41, 5.74) is 7.05. The van der Waals surface area contributed by atoms with Gasteiger partial charge in [0.15, 0.2) is 6.23 Å². The van der Waals surface area contributed by atoms with Crippen molar-refractivity contribution in [2.24, 2.45) is 5.73 Å². The molecule has 0 saturated carbocycles. The smallest absolute Gasteiger partial charge is 0.335 e. The van der Waals surface area contributed by atoms with E-state index < -0.39 is 6.23 Å². The van der Waals surface area contributed by atoms with E-state index in [1.54, 1.807) is 6.92 Å². The zero-order chi connectivity index (χ0) is 9.72. The molecule has 1 atom stereocenters. The third kappa shape index (κ3) is 3.53. The summed E-state index contributed by atoms with van der Waals surface area (Å²) in [5, 5.41) is 0. The van der Waals surface area contributed by atoms with Gasteiger partial charge >= 0.3 is 5.97 Å². The summed E-state index contributed by atoms with van der Waals surface area (Å²) in [7, 11) is 0. The van der Waals surface area contributed by atoms with Crippen LogP contribution in [0.4, 0.5) is 0 Å². The van der Waals surface area contributed by atoms with Crippen molar-refractivity contribution in [2.75, 3.05) is 0 Å². The molecule has 0 spiro atoms. The maximum atomic E-state index is 11.2. The van der Waals surface area contributed by atoms with Crippen LogP contribution in [0.3, 0.4) is 0 Å². The standard InChI is InChI=1S/C9H17NO2/c1-5-8(10)12-9(11)7(4)6(2)3/h8H,5,10H2,1-4H3. The number of nitrogens with two attached hydrogens (primary N) is 1. The van der Waals surface area contributed by atoms with Crippen LogP contribution in [0.25, 0.3) is 0 Å². The average molecular weight is 171 g/mol. The van der Waals surface area contributed by atoms with Gasteiger partial charge in [-0.05, 0) is 27.2 Å². The van der Waals surface area contributed by atoms with Crippen molar-refractivity contribution >= 4 is 5.97 Å². The van der Waals surface area contributed by atoms with Gasteiger partial charge in [0.05, 0.1) is 0 Å². The molecule has 0 aromatic heterocycles. The minimum atomic E-state index is -0.480. The Morgan fingerprint density at radius 1 is 1.42 bits per heavy atom. The van der Waals surface area contributed by atoms with Gasteiger partial charge in [-0.15, -0.1) is 0 Å². The van der Waals surface area contributed by atoms with Crippen molar-refractivity contribution in [3.05, 3.63) is 11.1 Å². The molecule has 1 unspecified atom stereocenters. The molecule has 0 amide bonds. The first-order valence-electron chi connectivity index (χ1n) is 4.09. The van der Waals surface area contributed by atoms with Crippen LogP contribution in [0.1, 0.15) is 34.1 Å². The van der Waals surface area contributed by atoms with Gasteiger partial charge in [0.25, 0.3) is 0 Å². The third-order valence-corrected chi connectivity index (χ3v) is 1.72. The van der Waals surface area contributed by atoms with Gasteiger partial charge in [-0.3, -0.25) is 5.73 Å². The molecule has 12 heavy (non-hydrogen) atoms. The van der Waals surface area contributed by atoms with Gasteiger partial charge in [0.1, 0.15) is 0 Å². The van der Waals surface area contributed by atoms with Crippen LogP contribution in [0.15, 0.2) is 11.1 Å². The lowest BCUT2D eigenvalue weighted by molar-refractivity contribution is -0.144. The first-order chi connectivity index (χ1) is 5.49. The fraction of sp³-hybridized carbons (Fsp3) is 0.667. The first kappa shape index (κ1) is 11.2. The summed E-state index contributed by atoms with van der Waals surface area (Å²) in [4.78, 5) is 11.2. The van der Waals surface area contributed by atoms with Gasteiger partial charge in [0.2, 0.25) is 0 Å². The largest absolute Gasteiger partial charge is 0.443 e. The number of carbonyl (C=O) groups is 1. The van der Waals surface area contributed by atoms with Crippen LogP contribution in [-0.4, -0.2) is 12.2 Å².